The van der Waals surface area contributed by atoms with Crippen LogP contribution < -0.4 is 0 Å². The molecule has 0 aliphatic carbocycles. The van der Waals surface area contributed by atoms with Gasteiger partial charge < -0.3 is 9.84 Å². The van der Waals surface area contributed by atoms with E-state index in [1.165, 1.54) is 4.90 Å². The van der Waals surface area contributed by atoms with E-state index in [4.69, 9.17) is 9.84 Å². The largest absolute Gasteiger partial charge is 0.464 e. The van der Waals surface area contributed by atoms with E-state index in [2.05, 4.69) is 13.8 Å². The summed E-state index contributed by atoms with van der Waals surface area (Å²) in [7, 11) is 0. The average Bonchev–Trinajstić information content (AvgIpc) is 2.71. The molecule has 0 aliphatic heterocycles. The fraction of sp³-hybridized carbons (Fsp3) is 0.875. The van der Waals surface area contributed by atoms with Gasteiger partial charge in [-0.3, -0.25) is 14.5 Å². The number of hydrogen-bond acceptors (Lipinski definition) is 5. The molecule has 0 bridgehead atoms. The zero-order valence-corrected chi connectivity index (χ0v) is 19.8. The van der Waals surface area contributed by atoms with Gasteiger partial charge in [0.1, 0.15) is 6.04 Å². The summed E-state index contributed by atoms with van der Waals surface area (Å²) >= 11 is 0. The highest BCUT2D eigenvalue weighted by atomic mass is 16.5. The van der Waals surface area contributed by atoms with Gasteiger partial charge in [0.25, 0.3) is 0 Å². The van der Waals surface area contributed by atoms with E-state index < -0.39 is 12.0 Å². The number of esters is 1. The number of nitrogens with zero attached hydrogens (tertiary/aromatic N) is 1. The second kappa shape index (κ2) is 18.3. The van der Waals surface area contributed by atoms with E-state index in [-0.39, 0.29) is 43.8 Å². The number of rotatable bonds is 18. The van der Waals surface area contributed by atoms with Crippen LogP contribution >= 0.6 is 0 Å². The predicted molar refractivity (Wildman–Crippen MR) is 120 cm³/mol. The molecule has 0 heterocycles. The van der Waals surface area contributed by atoms with Crippen molar-refractivity contribution < 1.29 is 24.2 Å². The summed E-state index contributed by atoms with van der Waals surface area (Å²) < 4.78 is 5.26. The van der Waals surface area contributed by atoms with Crippen molar-refractivity contribution in [3.05, 3.63) is 0 Å². The van der Waals surface area contributed by atoms with Crippen LogP contribution in [0, 0.1) is 5.92 Å². The summed E-state index contributed by atoms with van der Waals surface area (Å²) in [5.74, 6) is -1.34. The Bertz CT molecular complexity index is 452. The molecule has 0 saturated heterocycles. The van der Waals surface area contributed by atoms with E-state index in [0.29, 0.717) is 6.42 Å². The maximum atomic E-state index is 13.0. The van der Waals surface area contributed by atoms with E-state index in [1.807, 2.05) is 13.8 Å². The Hall–Kier alpha value is -1.43. The summed E-state index contributed by atoms with van der Waals surface area (Å²) in [6.45, 7) is 7.95. The third kappa shape index (κ3) is 12.3. The van der Waals surface area contributed by atoms with Gasteiger partial charge in [0.2, 0.25) is 11.8 Å². The number of aliphatic hydroxyl groups is 1. The zero-order valence-electron chi connectivity index (χ0n) is 19.8. The number of imide groups is 1. The van der Waals surface area contributed by atoms with Gasteiger partial charge in [-0.1, -0.05) is 79.1 Å². The highest BCUT2D eigenvalue weighted by molar-refractivity contribution is 5.99. The average molecular weight is 428 g/mol. The summed E-state index contributed by atoms with van der Waals surface area (Å²) in [5, 5.41) is 8.92. The molecular weight excluding hydrogens is 382 g/mol. The third-order valence-corrected chi connectivity index (χ3v) is 5.22. The number of aliphatic hydroxyl groups excluding tert-OH is 1. The van der Waals surface area contributed by atoms with Crippen molar-refractivity contribution >= 4 is 17.8 Å². The molecule has 176 valence electrons. The number of carbonyl (C=O) groups is 3. The predicted octanol–water partition coefficient (Wildman–Crippen LogP) is 5.01. The molecule has 2 amide bonds. The number of hydrogen-bond donors (Lipinski definition) is 1. The number of ether oxygens (including phenoxy) is 1. The summed E-state index contributed by atoms with van der Waals surface area (Å²) in [5.41, 5.74) is 0. The lowest BCUT2D eigenvalue weighted by Gasteiger charge is -2.31. The Morgan fingerprint density at radius 1 is 0.767 bits per heavy atom. The molecule has 0 aliphatic rings. The summed E-state index contributed by atoms with van der Waals surface area (Å²) in [4.78, 5) is 39.9. The first-order chi connectivity index (χ1) is 14.4. The molecule has 1 atom stereocenters. The first kappa shape index (κ1) is 28.6. The Labute approximate surface area is 183 Å². The van der Waals surface area contributed by atoms with Gasteiger partial charge in [-0.25, -0.2) is 4.79 Å². The van der Waals surface area contributed by atoms with Gasteiger partial charge in [0.15, 0.2) is 0 Å². The van der Waals surface area contributed by atoms with Crippen LogP contribution in [-0.2, 0) is 19.1 Å². The molecule has 0 aromatic heterocycles. The second-order valence-electron chi connectivity index (χ2n) is 8.42. The first-order valence-corrected chi connectivity index (χ1v) is 12.0. The molecule has 0 unspecified atom stereocenters. The molecule has 30 heavy (non-hydrogen) atoms. The minimum Gasteiger partial charge on any atom is -0.464 e. The lowest BCUT2D eigenvalue weighted by atomic mass is 10.00. The molecule has 1 N–H and O–H groups in total. The molecule has 0 aromatic carbocycles. The Morgan fingerprint density at radius 2 is 1.23 bits per heavy atom. The number of amides is 2. The second-order valence-corrected chi connectivity index (χ2v) is 8.42. The molecular formula is C24H45NO5. The highest BCUT2D eigenvalue weighted by Gasteiger charge is 2.37. The fourth-order valence-corrected chi connectivity index (χ4v) is 3.45. The fourth-order valence-electron chi connectivity index (χ4n) is 3.45. The van der Waals surface area contributed by atoms with Gasteiger partial charge in [0, 0.05) is 25.9 Å². The van der Waals surface area contributed by atoms with Gasteiger partial charge >= 0.3 is 5.97 Å². The van der Waals surface area contributed by atoms with Crippen molar-refractivity contribution in [2.75, 3.05) is 13.2 Å². The topological polar surface area (TPSA) is 83.9 Å². The molecule has 0 radical (unpaired) electrons. The first-order valence-electron chi connectivity index (χ1n) is 12.0. The zero-order chi connectivity index (χ0) is 22.8. The number of unbranched alkanes of at least 4 members (excludes halogenated alkanes) is 8. The van der Waals surface area contributed by atoms with E-state index >= 15 is 0 Å². The van der Waals surface area contributed by atoms with Crippen LogP contribution in [0.5, 0.6) is 0 Å². The van der Waals surface area contributed by atoms with Gasteiger partial charge in [0.05, 0.1) is 6.61 Å². The smallest absolute Gasteiger partial charge is 0.329 e. The molecule has 6 heteroatoms. The van der Waals surface area contributed by atoms with Crippen LogP contribution in [0.4, 0.5) is 0 Å². The summed E-state index contributed by atoms with van der Waals surface area (Å²) in [6, 6.07) is -0.907. The van der Waals surface area contributed by atoms with Crippen molar-refractivity contribution in [1.82, 2.24) is 4.90 Å². The van der Waals surface area contributed by atoms with E-state index in [9.17, 15) is 14.4 Å². The van der Waals surface area contributed by atoms with Crippen LogP contribution in [0.15, 0.2) is 0 Å². The van der Waals surface area contributed by atoms with Crippen molar-refractivity contribution in [3.8, 4) is 0 Å². The molecule has 0 fully saturated rings. The lowest BCUT2D eigenvalue weighted by Crippen LogP contribution is -2.52. The molecule has 0 aromatic rings. The van der Waals surface area contributed by atoms with Crippen molar-refractivity contribution in [2.24, 2.45) is 5.92 Å². The Kier molecular flexibility index (Phi) is 17.5. The quantitative estimate of drug-likeness (QED) is 0.245. The van der Waals surface area contributed by atoms with Crippen LogP contribution in [-0.4, -0.2) is 47.0 Å². The molecule has 6 nitrogen and oxygen atoms in total. The maximum absolute atomic E-state index is 13.0. The van der Waals surface area contributed by atoms with Crippen molar-refractivity contribution in [2.45, 2.75) is 117 Å². The minimum atomic E-state index is -0.907. The Morgan fingerprint density at radius 3 is 1.63 bits per heavy atom. The van der Waals surface area contributed by atoms with Crippen molar-refractivity contribution in [1.29, 1.82) is 0 Å². The Balaban J connectivity index is 5.16. The van der Waals surface area contributed by atoms with Crippen LogP contribution in [0.2, 0.25) is 0 Å². The van der Waals surface area contributed by atoms with Gasteiger partial charge in [-0.15, -0.1) is 0 Å². The van der Waals surface area contributed by atoms with E-state index in [0.717, 1.165) is 64.2 Å². The lowest BCUT2D eigenvalue weighted by molar-refractivity contribution is -0.163. The summed E-state index contributed by atoms with van der Waals surface area (Å²) in [6.07, 6.45) is 10.9. The minimum absolute atomic E-state index is 0.0727. The maximum Gasteiger partial charge on any atom is 0.329 e. The van der Waals surface area contributed by atoms with Crippen molar-refractivity contribution in [3.63, 3.8) is 0 Å². The van der Waals surface area contributed by atoms with Crippen LogP contribution in [0.3, 0.4) is 0 Å². The standard InChI is InChI=1S/C24H45NO5/c1-5-7-9-11-13-16-21(27)25(22(28)17-14-12-10-8-6-2)23(20(3)4)24(29)30-19-15-18-26/h20,23,26H,5-19H2,1-4H3/t23-/m0/s1. The third-order valence-electron chi connectivity index (χ3n) is 5.22. The van der Waals surface area contributed by atoms with E-state index in [1.54, 1.807) is 0 Å². The molecule has 0 spiro atoms. The molecule has 0 saturated carbocycles. The van der Waals surface area contributed by atoms with Crippen LogP contribution in [0.25, 0.3) is 0 Å². The van der Waals surface area contributed by atoms with Gasteiger partial charge in [-0.05, 0) is 18.8 Å². The van der Waals surface area contributed by atoms with Gasteiger partial charge in [-0.2, -0.15) is 0 Å². The number of carbonyl (C=O) groups excluding carboxylic acids is 3. The molecule has 0 rings (SSSR count). The van der Waals surface area contributed by atoms with Crippen LogP contribution in [0.1, 0.15) is 111 Å². The SMILES string of the molecule is CCCCCCCC(=O)N(C(=O)CCCCCCC)[C@H](C(=O)OCCCO)C(C)C. The normalized spacial score (nSPS) is 12.1. The monoisotopic (exact) mass is 427 g/mol. The highest BCUT2D eigenvalue weighted by Crippen LogP contribution is 2.19.